The van der Waals surface area contributed by atoms with Crippen molar-refractivity contribution in [3.63, 3.8) is 0 Å². The van der Waals surface area contributed by atoms with E-state index < -0.39 is 26.1 Å². The maximum absolute atomic E-state index is 12.9. The normalized spacial score (nSPS) is 19.9. The van der Waals surface area contributed by atoms with Crippen LogP contribution in [0.5, 0.6) is 0 Å². The summed E-state index contributed by atoms with van der Waals surface area (Å²) in [5.41, 5.74) is 0. The quantitative estimate of drug-likeness (QED) is 0.487. The summed E-state index contributed by atoms with van der Waals surface area (Å²) in [5.74, 6) is 0. The molecule has 2 aromatic rings. The Labute approximate surface area is 187 Å². The van der Waals surface area contributed by atoms with Crippen LogP contribution in [-0.4, -0.2) is 51.1 Å². The Balaban J connectivity index is 1.81. The fourth-order valence-corrected chi connectivity index (χ4v) is 6.83. The van der Waals surface area contributed by atoms with E-state index in [1.807, 2.05) is 0 Å². The van der Waals surface area contributed by atoms with Crippen LogP contribution in [0, 0.1) is 7.14 Å². The molecule has 1 saturated heterocycles. The predicted octanol–water partition coefficient (Wildman–Crippen LogP) is 2.98. The van der Waals surface area contributed by atoms with E-state index in [-0.39, 0.29) is 29.4 Å². The summed E-state index contributed by atoms with van der Waals surface area (Å²) in [6.07, 6.45) is 0. The molecule has 0 radical (unpaired) electrons. The van der Waals surface area contributed by atoms with Gasteiger partial charge in [0.15, 0.2) is 0 Å². The number of sulfonamides is 2. The molecule has 10 heteroatoms. The Morgan fingerprint density at radius 2 is 1.22 bits per heavy atom. The average Bonchev–Trinajstić information content (AvgIpc) is 2.62. The van der Waals surface area contributed by atoms with Crippen LogP contribution in [0.25, 0.3) is 0 Å². The third-order valence-corrected chi connectivity index (χ3v) is 9.75. The Bertz CT molecular complexity index is 1020. The van der Waals surface area contributed by atoms with E-state index in [0.717, 1.165) is 7.14 Å². The highest BCUT2D eigenvalue weighted by atomic mass is 127. The van der Waals surface area contributed by atoms with Crippen LogP contribution in [0.3, 0.4) is 0 Å². The van der Waals surface area contributed by atoms with E-state index in [0.29, 0.717) is 0 Å². The van der Waals surface area contributed by atoms with Crippen LogP contribution < -0.4 is 0 Å². The van der Waals surface area contributed by atoms with Gasteiger partial charge in [-0.05, 0) is 101 Å². The van der Waals surface area contributed by atoms with Crippen molar-refractivity contribution < 1.29 is 16.8 Å². The molecule has 3 rings (SSSR count). The molecule has 6 nitrogen and oxygen atoms in total. The molecule has 0 aliphatic carbocycles. The van der Waals surface area contributed by atoms with Gasteiger partial charge in [-0.1, -0.05) is 0 Å². The van der Waals surface area contributed by atoms with Gasteiger partial charge in [0.25, 0.3) is 0 Å². The molecular formula is C17H18I2N2O4S2. The molecule has 27 heavy (non-hydrogen) atoms. The van der Waals surface area contributed by atoms with Crippen LogP contribution in [0.15, 0.2) is 58.3 Å². The Kier molecular flexibility index (Phi) is 6.53. The maximum atomic E-state index is 12.9. The van der Waals surface area contributed by atoms with E-state index in [4.69, 9.17) is 0 Å². The van der Waals surface area contributed by atoms with Gasteiger partial charge in [0.05, 0.1) is 9.79 Å². The lowest BCUT2D eigenvalue weighted by Gasteiger charge is -2.38. The lowest BCUT2D eigenvalue weighted by atomic mass is 10.3. The lowest BCUT2D eigenvalue weighted by Crippen LogP contribution is -2.55. The number of halogens is 2. The third-order valence-electron chi connectivity index (χ3n) is 4.40. The largest absolute Gasteiger partial charge is 0.243 e. The van der Waals surface area contributed by atoms with Crippen molar-refractivity contribution in [2.24, 2.45) is 0 Å². The fraction of sp³-hybridized carbons (Fsp3) is 0.294. The second kappa shape index (κ2) is 8.22. The van der Waals surface area contributed by atoms with E-state index >= 15 is 0 Å². The highest BCUT2D eigenvalue weighted by Crippen LogP contribution is 2.25. The zero-order valence-corrected chi connectivity index (χ0v) is 20.4. The van der Waals surface area contributed by atoms with Crippen molar-refractivity contribution in [3.05, 3.63) is 55.7 Å². The summed E-state index contributed by atoms with van der Waals surface area (Å²) in [5, 5.41) is 0. The molecule has 0 aromatic heterocycles. The van der Waals surface area contributed by atoms with E-state index in [2.05, 4.69) is 45.2 Å². The molecule has 1 aliphatic heterocycles. The van der Waals surface area contributed by atoms with Gasteiger partial charge in [-0.3, -0.25) is 0 Å². The predicted molar refractivity (Wildman–Crippen MR) is 120 cm³/mol. The molecular weight excluding hydrogens is 614 g/mol. The zero-order valence-electron chi connectivity index (χ0n) is 14.4. The summed E-state index contributed by atoms with van der Waals surface area (Å²) in [4.78, 5) is 0.452. The monoisotopic (exact) mass is 632 g/mol. The van der Waals surface area contributed by atoms with Crippen LogP contribution in [-0.2, 0) is 20.0 Å². The topological polar surface area (TPSA) is 74.8 Å². The summed E-state index contributed by atoms with van der Waals surface area (Å²) in [6, 6.07) is 12.8. The number of hydrogen-bond donors (Lipinski definition) is 0. The molecule has 1 atom stereocenters. The molecule has 0 saturated carbocycles. The van der Waals surface area contributed by atoms with Gasteiger partial charge in [0.2, 0.25) is 20.0 Å². The summed E-state index contributed by atoms with van der Waals surface area (Å²) in [7, 11) is -7.30. The number of piperazine rings is 1. The molecule has 0 bridgehead atoms. The van der Waals surface area contributed by atoms with Crippen molar-refractivity contribution in [1.82, 2.24) is 8.61 Å². The number of benzene rings is 2. The molecule has 1 fully saturated rings. The van der Waals surface area contributed by atoms with E-state index in [1.165, 1.54) is 8.61 Å². The molecule has 0 unspecified atom stereocenters. The van der Waals surface area contributed by atoms with E-state index in [9.17, 15) is 16.8 Å². The minimum absolute atomic E-state index is 0.123. The van der Waals surface area contributed by atoms with Gasteiger partial charge in [-0.2, -0.15) is 8.61 Å². The van der Waals surface area contributed by atoms with Gasteiger partial charge < -0.3 is 0 Å². The van der Waals surface area contributed by atoms with Crippen LogP contribution in [0.2, 0.25) is 0 Å². The lowest BCUT2D eigenvalue weighted by molar-refractivity contribution is 0.212. The van der Waals surface area contributed by atoms with E-state index in [1.54, 1.807) is 55.5 Å². The highest BCUT2D eigenvalue weighted by molar-refractivity contribution is 14.1. The molecule has 2 aromatic carbocycles. The smallest absolute Gasteiger partial charge is 0.207 e. The first-order valence-electron chi connectivity index (χ1n) is 8.15. The minimum Gasteiger partial charge on any atom is -0.207 e. The van der Waals surface area contributed by atoms with Crippen molar-refractivity contribution >= 4 is 65.2 Å². The van der Waals surface area contributed by atoms with Crippen LogP contribution >= 0.6 is 45.2 Å². The number of rotatable bonds is 4. The summed E-state index contributed by atoms with van der Waals surface area (Å²) in [6.45, 7) is 2.11. The maximum Gasteiger partial charge on any atom is 0.243 e. The third kappa shape index (κ3) is 4.50. The highest BCUT2D eigenvalue weighted by Gasteiger charge is 2.38. The SMILES string of the molecule is C[C@@H]1CN(S(=O)(=O)c2ccc(I)cc2)CCN1S(=O)(=O)c1ccc(I)cc1. The molecule has 146 valence electrons. The van der Waals surface area contributed by atoms with Gasteiger partial charge in [-0.15, -0.1) is 0 Å². The first-order valence-corrected chi connectivity index (χ1v) is 13.2. The second-order valence-corrected chi connectivity index (χ2v) is 12.6. The Morgan fingerprint density at radius 1 is 0.778 bits per heavy atom. The van der Waals surface area contributed by atoms with Gasteiger partial charge in [-0.25, -0.2) is 16.8 Å². The first-order chi connectivity index (χ1) is 12.6. The zero-order chi connectivity index (χ0) is 19.8. The first kappa shape index (κ1) is 21.4. The van der Waals surface area contributed by atoms with Gasteiger partial charge >= 0.3 is 0 Å². The minimum atomic E-state index is -3.66. The standard InChI is InChI=1S/C17H18I2N2O4S2/c1-13-12-20(26(22,23)16-6-2-14(18)3-7-16)10-11-21(13)27(24,25)17-8-4-15(19)5-9-17/h2-9,13H,10-12H2,1H3/t13-/m1/s1. The Hall–Kier alpha value is -0.280. The summed E-state index contributed by atoms with van der Waals surface area (Å²) >= 11 is 4.24. The molecule has 1 aliphatic rings. The molecule has 0 N–H and O–H groups in total. The van der Waals surface area contributed by atoms with Gasteiger partial charge in [0, 0.05) is 32.8 Å². The molecule has 1 heterocycles. The summed E-state index contributed by atoms with van der Waals surface area (Å²) < 4.78 is 56.2. The second-order valence-electron chi connectivity index (χ2n) is 6.24. The van der Waals surface area contributed by atoms with Crippen molar-refractivity contribution in [1.29, 1.82) is 0 Å². The average molecular weight is 632 g/mol. The fourth-order valence-electron chi connectivity index (χ4n) is 2.98. The van der Waals surface area contributed by atoms with Crippen LogP contribution in [0.1, 0.15) is 6.92 Å². The number of nitrogens with zero attached hydrogens (tertiary/aromatic N) is 2. The molecule has 0 amide bonds. The molecule has 0 spiro atoms. The number of hydrogen-bond acceptors (Lipinski definition) is 4. The van der Waals surface area contributed by atoms with Crippen molar-refractivity contribution in [2.75, 3.05) is 19.6 Å². The van der Waals surface area contributed by atoms with Crippen molar-refractivity contribution in [2.45, 2.75) is 22.8 Å². The van der Waals surface area contributed by atoms with Crippen LogP contribution in [0.4, 0.5) is 0 Å². The van der Waals surface area contributed by atoms with Gasteiger partial charge in [0.1, 0.15) is 0 Å². The van der Waals surface area contributed by atoms with Crippen molar-refractivity contribution in [3.8, 4) is 0 Å². The Morgan fingerprint density at radius 3 is 1.67 bits per heavy atom.